The molecule has 5 rings (SSSR count). The van der Waals surface area contributed by atoms with Crippen LogP contribution in [0.15, 0.2) is 133 Å². The van der Waals surface area contributed by atoms with Crippen molar-refractivity contribution in [2.45, 2.75) is 45.5 Å². The molecule has 0 spiro atoms. The molecule has 0 heterocycles. The zero-order valence-electron chi connectivity index (χ0n) is 26.1. The molecule has 0 bridgehead atoms. The fraction of sp³-hybridized carbons (Fsp3) is 0.231. The van der Waals surface area contributed by atoms with E-state index in [4.69, 9.17) is 34.8 Å². The maximum absolute atomic E-state index is 6.21. The molecule has 44 heavy (non-hydrogen) atoms. The number of rotatable bonds is 11. The highest BCUT2D eigenvalue weighted by Gasteiger charge is 2.29. The van der Waals surface area contributed by atoms with Crippen molar-refractivity contribution in [2.24, 2.45) is 0 Å². The molecule has 0 N–H and O–H groups in total. The van der Waals surface area contributed by atoms with E-state index in [1.807, 2.05) is 36.4 Å². The van der Waals surface area contributed by atoms with E-state index in [2.05, 4.69) is 118 Å². The van der Waals surface area contributed by atoms with Gasteiger partial charge in [0.15, 0.2) is 0 Å². The van der Waals surface area contributed by atoms with Crippen molar-refractivity contribution < 1.29 is 0 Å². The molecular weight excluding hydrogens is 600 g/mol. The largest absolute Gasteiger partial charge is 0.292 e. The van der Waals surface area contributed by atoms with Gasteiger partial charge in [-0.3, -0.25) is 4.48 Å². The van der Waals surface area contributed by atoms with Gasteiger partial charge in [0.05, 0.1) is 20.2 Å². The standard InChI is InChI=1S/C24H25BCl3.C15H18N/c1-2-3-4-5-18-25(19-6-12-22(26)13-7-19,20-8-14-23(27)15-9-20)21-10-16-24(28)17-11-21;1-16(2,15-11-7-4-8-12-15)13-14-9-5-3-6-10-14/h6-17H,2-5,18H2,1H3;3-12H,13H2,1-2H3/q-1;+1. The predicted molar refractivity (Wildman–Crippen MR) is 198 cm³/mol. The van der Waals surface area contributed by atoms with Crippen molar-refractivity contribution in [1.82, 2.24) is 4.48 Å². The monoisotopic (exact) mass is 641 g/mol. The Balaban J connectivity index is 0.000000233. The van der Waals surface area contributed by atoms with Crippen LogP contribution >= 0.6 is 34.8 Å². The first-order valence-corrected chi connectivity index (χ1v) is 16.8. The average Bonchev–Trinajstić information content (AvgIpc) is 3.04. The average molecular weight is 643 g/mol. The molecule has 1 nitrogen and oxygen atoms in total. The first-order chi connectivity index (χ1) is 21.2. The Morgan fingerprint density at radius 3 is 1.32 bits per heavy atom. The quantitative estimate of drug-likeness (QED) is 0.0764. The van der Waals surface area contributed by atoms with Gasteiger partial charge in [-0.15, -0.1) is 0 Å². The summed E-state index contributed by atoms with van der Waals surface area (Å²) in [7, 11) is 4.48. The van der Waals surface area contributed by atoms with Crippen molar-refractivity contribution in [3.05, 3.63) is 154 Å². The lowest BCUT2D eigenvalue weighted by Crippen LogP contribution is -2.66. The Labute approximate surface area is 279 Å². The summed E-state index contributed by atoms with van der Waals surface area (Å²) in [5.74, 6) is 0. The number of para-hydroxylation sites is 1. The molecule has 0 aliphatic heterocycles. The minimum Gasteiger partial charge on any atom is -0.292 e. The first kappa shape index (κ1) is 33.9. The van der Waals surface area contributed by atoms with Crippen LogP contribution in [0.4, 0.5) is 5.69 Å². The van der Waals surface area contributed by atoms with Gasteiger partial charge in [0.2, 0.25) is 0 Å². The van der Waals surface area contributed by atoms with Gasteiger partial charge in [0.25, 0.3) is 0 Å². The van der Waals surface area contributed by atoms with Crippen LogP contribution in [0.5, 0.6) is 0 Å². The van der Waals surface area contributed by atoms with E-state index >= 15 is 0 Å². The zero-order chi connectivity index (χ0) is 31.4. The highest BCUT2D eigenvalue weighted by atomic mass is 35.5. The molecule has 0 saturated heterocycles. The van der Waals surface area contributed by atoms with E-state index in [9.17, 15) is 0 Å². The summed E-state index contributed by atoms with van der Waals surface area (Å²) in [5, 5.41) is 2.27. The van der Waals surface area contributed by atoms with Gasteiger partial charge >= 0.3 is 0 Å². The Morgan fingerprint density at radius 1 is 0.500 bits per heavy atom. The summed E-state index contributed by atoms with van der Waals surface area (Å²) in [6, 6.07) is 46.2. The van der Waals surface area contributed by atoms with Gasteiger partial charge in [0, 0.05) is 20.6 Å². The van der Waals surface area contributed by atoms with Crippen LogP contribution in [0.3, 0.4) is 0 Å². The molecule has 5 aromatic carbocycles. The normalized spacial score (nSPS) is 11.5. The van der Waals surface area contributed by atoms with Crippen LogP contribution in [-0.2, 0) is 6.54 Å². The fourth-order valence-corrected chi connectivity index (χ4v) is 6.67. The van der Waals surface area contributed by atoms with Crippen LogP contribution in [0.2, 0.25) is 21.4 Å². The maximum Gasteiger partial charge on any atom is 0.132 e. The zero-order valence-corrected chi connectivity index (χ0v) is 28.4. The third kappa shape index (κ3) is 9.02. The molecule has 5 heteroatoms. The summed E-state index contributed by atoms with van der Waals surface area (Å²) in [6.07, 6.45) is 4.81. The second-order valence-electron chi connectivity index (χ2n) is 12.2. The van der Waals surface area contributed by atoms with Crippen molar-refractivity contribution in [2.75, 3.05) is 14.1 Å². The van der Waals surface area contributed by atoms with Gasteiger partial charge < -0.3 is 0 Å². The molecule has 0 fully saturated rings. The van der Waals surface area contributed by atoms with Crippen molar-refractivity contribution in [3.8, 4) is 0 Å². The Hall–Kier alpha value is -3.01. The Kier molecular flexibility index (Phi) is 12.6. The first-order valence-electron chi connectivity index (χ1n) is 15.6. The molecule has 5 aromatic rings. The van der Waals surface area contributed by atoms with Crippen molar-refractivity contribution >= 4 is 63.0 Å². The van der Waals surface area contributed by atoms with Crippen LogP contribution in [0.25, 0.3) is 0 Å². The Morgan fingerprint density at radius 2 is 0.909 bits per heavy atom. The smallest absolute Gasteiger partial charge is 0.132 e. The molecule has 0 radical (unpaired) electrons. The van der Waals surface area contributed by atoms with E-state index in [1.54, 1.807) is 0 Å². The minimum absolute atomic E-state index is 0.756. The van der Waals surface area contributed by atoms with Gasteiger partial charge in [-0.25, -0.2) is 0 Å². The van der Waals surface area contributed by atoms with Gasteiger partial charge in [0.1, 0.15) is 12.2 Å². The molecular formula is C39H43BCl3N. The van der Waals surface area contributed by atoms with Crippen molar-refractivity contribution in [1.29, 1.82) is 0 Å². The highest BCUT2D eigenvalue weighted by Crippen LogP contribution is 2.22. The molecule has 228 valence electrons. The minimum atomic E-state index is -1.15. The fourth-order valence-electron chi connectivity index (χ4n) is 6.29. The predicted octanol–water partition coefficient (Wildman–Crippen LogP) is 10.2. The van der Waals surface area contributed by atoms with E-state index in [-0.39, 0.29) is 0 Å². The number of hydrogen-bond acceptors (Lipinski definition) is 0. The highest BCUT2D eigenvalue weighted by molar-refractivity contribution is 7.11. The van der Waals surface area contributed by atoms with E-state index in [0.717, 1.165) is 32.4 Å². The molecule has 0 saturated carbocycles. The second kappa shape index (κ2) is 16.3. The summed E-state index contributed by atoms with van der Waals surface area (Å²) in [6.45, 7) is 3.26. The molecule has 0 unspecified atom stereocenters. The number of quaternary nitrogens is 1. The maximum atomic E-state index is 6.21. The number of hydrogen-bond donors (Lipinski definition) is 0. The lowest BCUT2D eigenvalue weighted by molar-refractivity contribution is 0.392. The summed E-state index contributed by atoms with van der Waals surface area (Å²) in [4.78, 5) is 0. The summed E-state index contributed by atoms with van der Waals surface area (Å²) < 4.78 is 0.880. The van der Waals surface area contributed by atoms with Crippen LogP contribution in [0.1, 0.15) is 38.2 Å². The number of unbranched alkanes of at least 4 members (excludes halogenated alkanes) is 3. The molecule has 0 aliphatic carbocycles. The van der Waals surface area contributed by atoms with Gasteiger partial charge in [-0.2, -0.15) is 22.7 Å². The second-order valence-corrected chi connectivity index (χ2v) is 13.5. The van der Waals surface area contributed by atoms with E-state index in [1.165, 1.54) is 53.3 Å². The summed E-state index contributed by atoms with van der Waals surface area (Å²) >= 11 is 18.6. The summed E-state index contributed by atoms with van der Waals surface area (Å²) in [5.41, 5.74) is 6.60. The lowest BCUT2D eigenvalue weighted by atomic mass is 9.14. The van der Waals surface area contributed by atoms with Gasteiger partial charge in [-0.05, 0) is 48.5 Å². The van der Waals surface area contributed by atoms with Gasteiger partial charge in [-0.1, -0.05) is 152 Å². The van der Waals surface area contributed by atoms with E-state index < -0.39 is 6.15 Å². The topological polar surface area (TPSA) is 0 Å². The van der Waals surface area contributed by atoms with E-state index in [0.29, 0.717) is 0 Å². The number of halogens is 3. The lowest BCUT2D eigenvalue weighted by Gasteiger charge is -2.43. The molecule has 0 aromatic heterocycles. The van der Waals surface area contributed by atoms with Crippen LogP contribution < -0.4 is 20.9 Å². The van der Waals surface area contributed by atoms with Crippen LogP contribution in [-0.4, -0.2) is 20.2 Å². The Bertz CT molecular complexity index is 1430. The third-order valence-corrected chi connectivity index (χ3v) is 9.44. The SMILES string of the molecule is CCCCCC[B-](c1ccc(Cl)cc1)(c1ccc(Cl)cc1)c1ccc(Cl)cc1.C[N+](C)(Cc1ccccc1)c1ccccc1. The molecule has 0 aliphatic rings. The number of benzene rings is 5. The molecule has 0 amide bonds. The molecule has 0 atom stereocenters. The van der Waals surface area contributed by atoms with Crippen molar-refractivity contribution in [3.63, 3.8) is 0 Å². The third-order valence-electron chi connectivity index (χ3n) is 8.68. The number of nitrogens with zero attached hydrogens (tertiary/aromatic N) is 1. The van der Waals surface area contributed by atoms with Crippen LogP contribution in [0, 0.1) is 0 Å².